The van der Waals surface area contributed by atoms with E-state index in [0.717, 1.165) is 10.2 Å². The Bertz CT molecular complexity index is 1210. The van der Waals surface area contributed by atoms with Crippen LogP contribution in [0.15, 0.2) is 77.5 Å². The van der Waals surface area contributed by atoms with E-state index in [0.29, 0.717) is 5.75 Å². The standard InChI is InChI=1S/C21H15BrN6O2/c22-16-6-8-18(9-7-16)30-14-27-11-10-19(26-27)21(29)25-20-15(12-23)13-24-28(20)17-4-2-1-3-5-17/h1-11,13H,14H2,(H,25,29). The second-order valence-corrected chi connectivity index (χ2v) is 7.10. The summed E-state index contributed by atoms with van der Waals surface area (Å²) < 4.78 is 9.62. The van der Waals surface area contributed by atoms with Crippen molar-refractivity contribution < 1.29 is 9.53 Å². The van der Waals surface area contributed by atoms with Crippen molar-refractivity contribution in [1.29, 1.82) is 5.26 Å². The van der Waals surface area contributed by atoms with Gasteiger partial charge in [0, 0.05) is 10.7 Å². The zero-order valence-corrected chi connectivity index (χ0v) is 17.2. The van der Waals surface area contributed by atoms with Crippen molar-refractivity contribution in [2.75, 3.05) is 5.32 Å². The predicted molar refractivity (Wildman–Crippen MR) is 113 cm³/mol. The summed E-state index contributed by atoms with van der Waals surface area (Å²) in [7, 11) is 0. The summed E-state index contributed by atoms with van der Waals surface area (Å²) in [6.45, 7) is 0.153. The van der Waals surface area contributed by atoms with Crippen molar-refractivity contribution in [1.82, 2.24) is 19.6 Å². The summed E-state index contributed by atoms with van der Waals surface area (Å²) in [5.41, 5.74) is 1.17. The fourth-order valence-electron chi connectivity index (χ4n) is 2.71. The molecule has 8 nitrogen and oxygen atoms in total. The quantitative estimate of drug-likeness (QED) is 0.467. The minimum atomic E-state index is -0.452. The zero-order chi connectivity index (χ0) is 20.9. The fourth-order valence-corrected chi connectivity index (χ4v) is 2.98. The molecule has 2 heterocycles. The number of nitrogens with one attached hydrogen (secondary N) is 1. The summed E-state index contributed by atoms with van der Waals surface area (Å²) in [4.78, 5) is 12.7. The van der Waals surface area contributed by atoms with Gasteiger partial charge in [0.2, 0.25) is 0 Å². The fraction of sp³-hybridized carbons (Fsp3) is 0.0476. The molecule has 0 saturated carbocycles. The number of ether oxygens (including phenoxy) is 1. The number of para-hydroxylation sites is 1. The van der Waals surface area contributed by atoms with Gasteiger partial charge in [-0.15, -0.1) is 0 Å². The lowest BCUT2D eigenvalue weighted by Crippen LogP contribution is -2.17. The lowest BCUT2D eigenvalue weighted by atomic mass is 10.3. The van der Waals surface area contributed by atoms with Crippen molar-refractivity contribution in [2.45, 2.75) is 6.73 Å². The Hall–Kier alpha value is -3.90. The van der Waals surface area contributed by atoms with Crippen molar-refractivity contribution in [3.63, 3.8) is 0 Å². The second kappa shape index (κ2) is 8.63. The molecule has 148 valence electrons. The molecular formula is C21H15BrN6O2. The lowest BCUT2D eigenvalue weighted by molar-refractivity contribution is 0.101. The van der Waals surface area contributed by atoms with Crippen molar-refractivity contribution in [2.24, 2.45) is 0 Å². The maximum absolute atomic E-state index is 12.7. The van der Waals surface area contributed by atoms with Gasteiger partial charge in [0.1, 0.15) is 17.4 Å². The van der Waals surface area contributed by atoms with Crippen LogP contribution in [0.3, 0.4) is 0 Å². The van der Waals surface area contributed by atoms with Gasteiger partial charge in [-0.25, -0.2) is 9.36 Å². The highest BCUT2D eigenvalue weighted by atomic mass is 79.9. The number of nitrogens with zero attached hydrogens (tertiary/aromatic N) is 5. The summed E-state index contributed by atoms with van der Waals surface area (Å²) in [5, 5.41) is 20.6. The van der Waals surface area contributed by atoms with Crippen molar-refractivity contribution in [3.05, 3.63) is 88.8 Å². The number of carbonyl (C=O) groups excluding carboxylic acids is 1. The maximum atomic E-state index is 12.7. The summed E-state index contributed by atoms with van der Waals surface area (Å²) in [5.74, 6) is 0.520. The van der Waals surface area contributed by atoms with Crippen LogP contribution in [0.1, 0.15) is 16.1 Å². The highest BCUT2D eigenvalue weighted by Crippen LogP contribution is 2.20. The van der Waals surface area contributed by atoms with Crippen LogP contribution in [-0.2, 0) is 6.73 Å². The minimum Gasteiger partial charge on any atom is -0.471 e. The monoisotopic (exact) mass is 462 g/mol. The molecule has 0 bridgehead atoms. The average molecular weight is 463 g/mol. The second-order valence-electron chi connectivity index (χ2n) is 6.19. The van der Waals surface area contributed by atoms with Gasteiger partial charge in [-0.05, 0) is 42.5 Å². The molecule has 0 atom stereocenters. The van der Waals surface area contributed by atoms with Crippen molar-refractivity contribution >= 4 is 27.7 Å². The molecule has 9 heteroatoms. The predicted octanol–water partition coefficient (Wildman–Crippen LogP) is 3.99. The molecule has 4 aromatic rings. The Morgan fingerprint density at radius 1 is 1.13 bits per heavy atom. The first kappa shape index (κ1) is 19.4. The first-order chi connectivity index (χ1) is 14.6. The van der Waals surface area contributed by atoms with E-state index in [2.05, 4.69) is 31.4 Å². The number of anilines is 1. The smallest absolute Gasteiger partial charge is 0.277 e. The molecule has 0 aliphatic rings. The van der Waals surface area contributed by atoms with Gasteiger partial charge in [0.25, 0.3) is 5.91 Å². The van der Waals surface area contributed by atoms with Gasteiger partial charge in [0.05, 0.1) is 11.9 Å². The van der Waals surface area contributed by atoms with Crippen LogP contribution in [-0.4, -0.2) is 25.5 Å². The molecule has 2 aromatic carbocycles. The molecule has 2 aromatic heterocycles. The maximum Gasteiger partial charge on any atom is 0.277 e. The zero-order valence-electron chi connectivity index (χ0n) is 15.6. The number of benzene rings is 2. The largest absolute Gasteiger partial charge is 0.471 e. The molecular weight excluding hydrogens is 448 g/mol. The van der Waals surface area contributed by atoms with Crippen LogP contribution in [0.5, 0.6) is 5.75 Å². The first-order valence-electron chi connectivity index (χ1n) is 8.91. The van der Waals surface area contributed by atoms with Crippen LogP contribution < -0.4 is 10.1 Å². The highest BCUT2D eigenvalue weighted by Gasteiger charge is 2.17. The Morgan fingerprint density at radius 2 is 1.90 bits per heavy atom. The van der Waals surface area contributed by atoms with Gasteiger partial charge in [0.15, 0.2) is 18.2 Å². The Morgan fingerprint density at radius 3 is 2.63 bits per heavy atom. The Balaban J connectivity index is 1.48. The van der Waals surface area contributed by atoms with Crippen LogP contribution in [0.2, 0.25) is 0 Å². The third-order valence-corrected chi connectivity index (χ3v) is 4.70. The average Bonchev–Trinajstić information content (AvgIpc) is 3.41. The van der Waals surface area contributed by atoms with E-state index < -0.39 is 5.91 Å². The van der Waals surface area contributed by atoms with Crippen LogP contribution >= 0.6 is 15.9 Å². The molecule has 1 N–H and O–H groups in total. The van der Waals surface area contributed by atoms with Gasteiger partial charge in [-0.1, -0.05) is 34.1 Å². The lowest BCUT2D eigenvalue weighted by Gasteiger charge is -2.09. The molecule has 0 saturated heterocycles. The van der Waals surface area contributed by atoms with E-state index in [9.17, 15) is 10.1 Å². The van der Waals surface area contributed by atoms with Gasteiger partial charge in [-0.2, -0.15) is 15.5 Å². The van der Waals surface area contributed by atoms with Gasteiger partial charge < -0.3 is 10.1 Å². The van der Waals surface area contributed by atoms with E-state index in [1.54, 1.807) is 12.3 Å². The number of carbonyl (C=O) groups is 1. The molecule has 0 aliphatic carbocycles. The van der Waals surface area contributed by atoms with Crippen LogP contribution in [0, 0.1) is 11.3 Å². The molecule has 0 unspecified atom stereocenters. The molecule has 0 spiro atoms. The van der Waals surface area contributed by atoms with E-state index >= 15 is 0 Å². The van der Waals surface area contributed by atoms with E-state index in [1.807, 2.05) is 60.7 Å². The Kier molecular flexibility index (Phi) is 5.59. The van der Waals surface area contributed by atoms with Gasteiger partial charge in [-0.3, -0.25) is 4.79 Å². The number of halogens is 1. The third kappa shape index (κ3) is 4.24. The molecule has 0 aliphatic heterocycles. The SMILES string of the molecule is N#Cc1cnn(-c2ccccc2)c1NC(=O)c1ccn(COc2ccc(Br)cc2)n1. The van der Waals surface area contributed by atoms with E-state index in [1.165, 1.54) is 15.6 Å². The molecule has 0 fully saturated rings. The van der Waals surface area contributed by atoms with E-state index in [4.69, 9.17) is 4.74 Å². The number of aromatic nitrogens is 4. The van der Waals surface area contributed by atoms with Crippen molar-refractivity contribution in [3.8, 4) is 17.5 Å². The molecule has 1 amide bonds. The topological polar surface area (TPSA) is 97.8 Å². The third-order valence-electron chi connectivity index (χ3n) is 4.17. The Labute approximate surface area is 180 Å². The molecule has 30 heavy (non-hydrogen) atoms. The highest BCUT2D eigenvalue weighted by molar-refractivity contribution is 9.10. The number of rotatable bonds is 6. The summed E-state index contributed by atoms with van der Waals surface area (Å²) in [6, 6.07) is 20.3. The summed E-state index contributed by atoms with van der Waals surface area (Å²) >= 11 is 3.37. The number of hydrogen-bond acceptors (Lipinski definition) is 5. The first-order valence-corrected chi connectivity index (χ1v) is 9.70. The molecule has 4 rings (SSSR count). The molecule has 0 radical (unpaired) electrons. The van der Waals surface area contributed by atoms with E-state index in [-0.39, 0.29) is 23.8 Å². The minimum absolute atomic E-state index is 0.153. The van der Waals surface area contributed by atoms with Crippen LogP contribution in [0.4, 0.5) is 5.82 Å². The summed E-state index contributed by atoms with van der Waals surface area (Å²) in [6.07, 6.45) is 3.06. The number of nitriles is 1. The van der Waals surface area contributed by atoms with Gasteiger partial charge >= 0.3 is 0 Å². The number of hydrogen-bond donors (Lipinski definition) is 1. The normalized spacial score (nSPS) is 10.4. The van der Waals surface area contributed by atoms with Crippen LogP contribution in [0.25, 0.3) is 5.69 Å². The number of amides is 1.